The predicted molar refractivity (Wildman–Crippen MR) is 63.2 cm³/mol. The number of amides is 1. The van der Waals surface area contributed by atoms with Crippen molar-refractivity contribution in [1.82, 2.24) is 10.2 Å². The maximum Gasteiger partial charge on any atom is 0.237 e. The summed E-state index contributed by atoms with van der Waals surface area (Å²) in [5.41, 5.74) is 0. The Morgan fingerprint density at radius 2 is 2.31 bits per heavy atom. The van der Waals surface area contributed by atoms with Gasteiger partial charge in [0.15, 0.2) is 0 Å². The van der Waals surface area contributed by atoms with Gasteiger partial charge in [0, 0.05) is 26.7 Å². The predicted octanol–water partition coefficient (Wildman–Crippen LogP) is -0.382. The molecule has 0 rings (SSSR count). The lowest BCUT2D eigenvalue weighted by molar-refractivity contribution is -0.126. The zero-order chi connectivity index (χ0) is 12.4. The summed E-state index contributed by atoms with van der Waals surface area (Å²) < 4.78 is 4.96. The Bertz CT molecular complexity index is 209. The number of rotatable bonds is 9. The van der Waals surface area contributed by atoms with Gasteiger partial charge in [-0.15, -0.1) is 6.58 Å². The standard InChI is InChI=1S/C11H22N2O3/c1-4-5-12-11(15)10(2)13(6-8-14)7-9-16-3/h4,10,14H,1,5-9H2,2-3H3,(H,12,15). The number of hydrogen-bond acceptors (Lipinski definition) is 4. The van der Waals surface area contributed by atoms with Crippen LogP contribution >= 0.6 is 0 Å². The molecule has 0 bridgehead atoms. The van der Waals surface area contributed by atoms with Crippen molar-refractivity contribution in [3.05, 3.63) is 12.7 Å². The van der Waals surface area contributed by atoms with Crippen LogP contribution in [0, 0.1) is 0 Å². The molecule has 0 aliphatic rings. The van der Waals surface area contributed by atoms with Crippen LogP contribution in [0.1, 0.15) is 6.92 Å². The molecule has 94 valence electrons. The zero-order valence-corrected chi connectivity index (χ0v) is 10.1. The summed E-state index contributed by atoms with van der Waals surface area (Å²) >= 11 is 0. The van der Waals surface area contributed by atoms with E-state index in [9.17, 15) is 4.79 Å². The molecule has 0 heterocycles. The van der Waals surface area contributed by atoms with E-state index in [1.165, 1.54) is 0 Å². The molecule has 0 aromatic carbocycles. The Kier molecular flexibility index (Phi) is 8.80. The van der Waals surface area contributed by atoms with E-state index in [1.807, 2.05) is 11.8 Å². The van der Waals surface area contributed by atoms with Crippen LogP contribution in [0.4, 0.5) is 0 Å². The van der Waals surface area contributed by atoms with Crippen molar-refractivity contribution >= 4 is 5.91 Å². The molecule has 0 spiro atoms. The number of aliphatic hydroxyl groups is 1. The number of nitrogens with zero attached hydrogens (tertiary/aromatic N) is 1. The highest BCUT2D eigenvalue weighted by Crippen LogP contribution is 1.98. The first-order valence-corrected chi connectivity index (χ1v) is 5.39. The van der Waals surface area contributed by atoms with Crippen LogP contribution in [0.15, 0.2) is 12.7 Å². The van der Waals surface area contributed by atoms with Crippen LogP contribution in [-0.2, 0) is 9.53 Å². The molecule has 0 aromatic heterocycles. The van der Waals surface area contributed by atoms with E-state index < -0.39 is 0 Å². The highest BCUT2D eigenvalue weighted by molar-refractivity contribution is 5.81. The highest BCUT2D eigenvalue weighted by atomic mass is 16.5. The maximum atomic E-state index is 11.7. The van der Waals surface area contributed by atoms with Crippen molar-refractivity contribution < 1.29 is 14.6 Å². The lowest BCUT2D eigenvalue weighted by atomic mass is 10.2. The lowest BCUT2D eigenvalue weighted by Crippen LogP contribution is -2.47. The van der Waals surface area contributed by atoms with Gasteiger partial charge >= 0.3 is 0 Å². The van der Waals surface area contributed by atoms with E-state index >= 15 is 0 Å². The summed E-state index contributed by atoms with van der Waals surface area (Å²) in [6, 6.07) is -0.276. The summed E-state index contributed by atoms with van der Waals surface area (Å²) in [4.78, 5) is 13.5. The molecule has 0 aliphatic carbocycles. The Labute approximate surface area is 97.1 Å². The number of methoxy groups -OCH3 is 1. The van der Waals surface area contributed by atoms with E-state index in [0.29, 0.717) is 26.2 Å². The minimum absolute atomic E-state index is 0.0305. The van der Waals surface area contributed by atoms with Gasteiger partial charge < -0.3 is 15.2 Å². The Morgan fingerprint density at radius 3 is 2.81 bits per heavy atom. The van der Waals surface area contributed by atoms with Gasteiger partial charge in [-0.25, -0.2) is 0 Å². The molecule has 5 nitrogen and oxygen atoms in total. The van der Waals surface area contributed by atoms with Gasteiger partial charge in [0.05, 0.1) is 19.3 Å². The molecule has 1 unspecified atom stereocenters. The molecule has 0 fully saturated rings. The van der Waals surface area contributed by atoms with Crippen molar-refractivity contribution in [1.29, 1.82) is 0 Å². The van der Waals surface area contributed by atoms with Crippen molar-refractivity contribution in [2.75, 3.05) is 40.0 Å². The molecule has 0 aromatic rings. The van der Waals surface area contributed by atoms with Crippen molar-refractivity contribution in [3.63, 3.8) is 0 Å². The molecule has 16 heavy (non-hydrogen) atoms. The highest BCUT2D eigenvalue weighted by Gasteiger charge is 2.19. The van der Waals surface area contributed by atoms with Crippen LogP contribution in [0.3, 0.4) is 0 Å². The Morgan fingerprint density at radius 1 is 1.62 bits per heavy atom. The monoisotopic (exact) mass is 230 g/mol. The van der Waals surface area contributed by atoms with Gasteiger partial charge in [-0.1, -0.05) is 6.08 Å². The fraction of sp³-hybridized carbons (Fsp3) is 0.727. The first-order valence-electron chi connectivity index (χ1n) is 5.39. The molecular weight excluding hydrogens is 208 g/mol. The normalized spacial score (nSPS) is 12.5. The molecule has 0 saturated heterocycles. The first kappa shape index (κ1) is 15.1. The fourth-order valence-electron chi connectivity index (χ4n) is 1.32. The summed E-state index contributed by atoms with van der Waals surface area (Å²) in [7, 11) is 1.61. The van der Waals surface area contributed by atoms with Crippen LogP contribution in [0.25, 0.3) is 0 Å². The van der Waals surface area contributed by atoms with E-state index in [1.54, 1.807) is 13.2 Å². The van der Waals surface area contributed by atoms with Gasteiger partial charge in [-0.05, 0) is 6.92 Å². The summed E-state index contributed by atoms with van der Waals surface area (Å²) in [5, 5.41) is 11.6. The van der Waals surface area contributed by atoms with E-state index in [-0.39, 0.29) is 18.6 Å². The van der Waals surface area contributed by atoms with E-state index in [4.69, 9.17) is 9.84 Å². The quantitative estimate of drug-likeness (QED) is 0.530. The lowest BCUT2D eigenvalue weighted by Gasteiger charge is -2.27. The Balaban J connectivity index is 4.16. The molecule has 0 saturated carbocycles. The molecule has 2 N–H and O–H groups in total. The molecular formula is C11H22N2O3. The van der Waals surface area contributed by atoms with Gasteiger partial charge in [-0.3, -0.25) is 9.69 Å². The van der Waals surface area contributed by atoms with Crippen LogP contribution < -0.4 is 5.32 Å². The van der Waals surface area contributed by atoms with Crippen LogP contribution in [0.5, 0.6) is 0 Å². The zero-order valence-electron chi connectivity index (χ0n) is 10.1. The number of carbonyl (C=O) groups excluding carboxylic acids is 1. The average molecular weight is 230 g/mol. The SMILES string of the molecule is C=CCNC(=O)C(C)N(CCO)CCOC. The molecule has 5 heteroatoms. The van der Waals surface area contributed by atoms with Crippen molar-refractivity contribution in [3.8, 4) is 0 Å². The van der Waals surface area contributed by atoms with Crippen molar-refractivity contribution in [2.45, 2.75) is 13.0 Å². The minimum Gasteiger partial charge on any atom is -0.395 e. The smallest absolute Gasteiger partial charge is 0.237 e. The third-order valence-corrected chi connectivity index (χ3v) is 2.32. The molecule has 1 atom stereocenters. The molecule has 1 amide bonds. The van der Waals surface area contributed by atoms with Gasteiger partial charge in [0.25, 0.3) is 0 Å². The number of carbonyl (C=O) groups is 1. The average Bonchev–Trinajstić information content (AvgIpc) is 2.30. The third kappa shape index (κ3) is 5.85. The second kappa shape index (κ2) is 9.33. The summed E-state index contributed by atoms with van der Waals surface area (Å²) in [6.07, 6.45) is 1.64. The second-order valence-corrected chi connectivity index (χ2v) is 3.46. The van der Waals surface area contributed by atoms with Crippen LogP contribution in [-0.4, -0.2) is 61.9 Å². The minimum atomic E-state index is -0.276. The van der Waals surface area contributed by atoms with Crippen LogP contribution in [0.2, 0.25) is 0 Å². The maximum absolute atomic E-state index is 11.7. The fourth-order valence-corrected chi connectivity index (χ4v) is 1.32. The number of hydrogen-bond donors (Lipinski definition) is 2. The largest absolute Gasteiger partial charge is 0.395 e. The van der Waals surface area contributed by atoms with Crippen molar-refractivity contribution in [2.24, 2.45) is 0 Å². The van der Waals surface area contributed by atoms with Gasteiger partial charge in [0.1, 0.15) is 0 Å². The number of aliphatic hydroxyl groups excluding tert-OH is 1. The topological polar surface area (TPSA) is 61.8 Å². The van der Waals surface area contributed by atoms with E-state index in [0.717, 1.165) is 0 Å². The first-order chi connectivity index (χ1) is 7.67. The van der Waals surface area contributed by atoms with E-state index in [2.05, 4.69) is 11.9 Å². The number of nitrogens with one attached hydrogen (secondary N) is 1. The summed E-state index contributed by atoms with van der Waals surface area (Å²) in [5.74, 6) is -0.0653. The van der Waals surface area contributed by atoms with Gasteiger partial charge in [0.2, 0.25) is 5.91 Å². The molecule has 0 radical (unpaired) electrons. The third-order valence-electron chi connectivity index (χ3n) is 2.32. The number of ether oxygens (including phenoxy) is 1. The summed E-state index contributed by atoms with van der Waals surface area (Å²) in [6.45, 7) is 7.46. The Hall–Kier alpha value is -0.910. The molecule has 0 aliphatic heterocycles. The second-order valence-electron chi connectivity index (χ2n) is 3.46. The van der Waals surface area contributed by atoms with Gasteiger partial charge in [-0.2, -0.15) is 0 Å².